The van der Waals surface area contributed by atoms with Gasteiger partial charge in [-0.05, 0) is 49.9 Å². The van der Waals surface area contributed by atoms with Gasteiger partial charge in [0.2, 0.25) is 5.91 Å². The summed E-state index contributed by atoms with van der Waals surface area (Å²) in [6, 6.07) is 9.87. The zero-order chi connectivity index (χ0) is 16.1. The van der Waals surface area contributed by atoms with Gasteiger partial charge in [0.25, 0.3) is 0 Å². The van der Waals surface area contributed by atoms with E-state index >= 15 is 0 Å². The van der Waals surface area contributed by atoms with Crippen molar-refractivity contribution >= 4 is 24.0 Å². The van der Waals surface area contributed by atoms with Gasteiger partial charge in [0.1, 0.15) is 0 Å². The molecule has 1 aromatic heterocycles. The molecule has 1 aromatic carbocycles. The van der Waals surface area contributed by atoms with Crippen molar-refractivity contribution in [1.29, 1.82) is 0 Å². The number of nitrogens with one attached hydrogen (secondary N) is 2. The fourth-order valence-electron chi connectivity index (χ4n) is 3.19. The molecule has 0 radical (unpaired) electrons. The highest BCUT2D eigenvalue weighted by Gasteiger charge is 2.22. The van der Waals surface area contributed by atoms with Crippen LogP contribution >= 0.6 is 12.4 Å². The number of anilines is 1. The van der Waals surface area contributed by atoms with Crippen molar-refractivity contribution in [2.75, 3.05) is 18.4 Å². The predicted octanol–water partition coefficient (Wildman–Crippen LogP) is 3.26. The Bertz CT molecular complexity index is 637. The van der Waals surface area contributed by atoms with Gasteiger partial charge >= 0.3 is 0 Å². The maximum Gasteiger partial charge on any atom is 0.224 e. The summed E-state index contributed by atoms with van der Waals surface area (Å²) in [5.41, 5.74) is 1.73. The van der Waals surface area contributed by atoms with E-state index in [9.17, 15) is 4.79 Å². The third kappa shape index (κ3) is 4.82. The van der Waals surface area contributed by atoms with Gasteiger partial charge in [0.05, 0.1) is 23.8 Å². The molecule has 0 aliphatic carbocycles. The van der Waals surface area contributed by atoms with Crippen molar-refractivity contribution in [3.8, 4) is 5.69 Å². The zero-order valence-corrected chi connectivity index (χ0v) is 14.8. The molecular formula is C18H25ClN4O. The van der Waals surface area contributed by atoms with E-state index in [4.69, 9.17) is 0 Å². The molecule has 0 bridgehead atoms. The van der Waals surface area contributed by atoms with Gasteiger partial charge in [0.15, 0.2) is 0 Å². The van der Waals surface area contributed by atoms with E-state index in [2.05, 4.69) is 22.7 Å². The lowest BCUT2D eigenvalue weighted by Gasteiger charge is -2.27. The molecule has 130 valence electrons. The highest BCUT2D eigenvalue weighted by molar-refractivity contribution is 5.90. The summed E-state index contributed by atoms with van der Waals surface area (Å²) in [5, 5.41) is 10.6. The summed E-state index contributed by atoms with van der Waals surface area (Å²) < 4.78 is 1.77. The minimum atomic E-state index is 0. The first-order chi connectivity index (χ1) is 11.2. The standard InChI is InChI=1S/C18H24N4O.ClH/c1-14(15-7-9-19-10-8-15)11-18(23)21-16-12-20-22(13-16)17-5-3-2-4-6-17;/h2-6,12-15,19H,7-11H2,1H3,(H,21,23);1H. The highest BCUT2D eigenvalue weighted by Crippen LogP contribution is 2.24. The monoisotopic (exact) mass is 348 g/mol. The first-order valence-electron chi connectivity index (χ1n) is 8.33. The minimum absolute atomic E-state index is 0. The molecule has 1 amide bonds. The molecule has 0 spiro atoms. The molecule has 2 heterocycles. The highest BCUT2D eigenvalue weighted by atomic mass is 35.5. The smallest absolute Gasteiger partial charge is 0.224 e. The van der Waals surface area contributed by atoms with Gasteiger partial charge in [-0.1, -0.05) is 25.1 Å². The lowest BCUT2D eigenvalue weighted by atomic mass is 9.84. The number of halogens is 1. The second-order valence-corrected chi connectivity index (χ2v) is 6.33. The summed E-state index contributed by atoms with van der Waals surface area (Å²) in [6.45, 7) is 4.32. The summed E-state index contributed by atoms with van der Waals surface area (Å²) in [6.07, 6.45) is 6.45. The second kappa shape index (κ2) is 8.85. The van der Waals surface area contributed by atoms with Crippen LogP contribution in [0.3, 0.4) is 0 Å². The molecule has 5 nitrogen and oxygen atoms in total. The molecule has 1 aliphatic heterocycles. The molecular weight excluding hydrogens is 324 g/mol. The third-order valence-electron chi connectivity index (χ3n) is 4.58. The van der Waals surface area contributed by atoms with Crippen molar-refractivity contribution in [2.24, 2.45) is 11.8 Å². The molecule has 6 heteroatoms. The Balaban J connectivity index is 0.00000208. The first-order valence-corrected chi connectivity index (χ1v) is 8.33. The Morgan fingerprint density at radius 3 is 2.75 bits per heavy atom. The van der Waals surface area contributed by atoms with Crippen molar-refractivity contribution in [3.05, 3.63) is 42.7 Å². The van der Waals surface area contributed by atoms with E-state index in [0.29, 0.717) is 18.3 Å². The number of benzene rings is 1. The molecule has 0 saturated carbocycles. The number of hydrogen-bond acceptors (Lipinski definition) is 3. The van der Waals surface area contributed by atoms with E-state index < -0.39 is 0 Å². The van der Waals surface area contributed by atoms with E-state index in [1.54, 1.807) is 10.9 Å². The number of aromatic nitrogens is 2. The van der Waals surface area contributed by atoms with Gasteiger partial charge in [-0.15, -0.1) is 12.4 Å². The van der Waals surface area contributed by atoms with Crippen LogP contribution in [-0.4, -0.2) is 28.8 Å². The van der Waals surface area contributed by atoms with Crippen molar-refractivity contribution < 1.29 is 4.79 Å². The van der Waals surface area contributed by atoms with Crippen LogP contribution in [0.4, 0.5) is 5.69 Å². The number of amides is 1. The molecule has 2 N–H and O–H groups in total. The zero-order valence-electron chi connectivity index (χ0n) is 13.9. The van der Waals surface area contributed by atoms with Crippen LogP contribution in [0.5, 0.6) is 0 Å². The average Bonchev–Trinajstić information content (AvgIpc) is 3.04. The van der Waals surface area contributed by atoms with E-state index in [0.717, 1.165) is 24.5 Å². The van der Waals surface area contributed by atoms with Crippen molar-refractivity contribution in [1.82, 2.24) is 15.1 Å². The number of piperidine rings is 1. The van der Waals surface area contributed by atoms with Gasteiger partial charge in [0, 0.05) is 6.42 Å². The number of rotatable bonds is 5. The largest absolute Gasteiger partial charge is 0.323 e. The lowest BCUT2D eigenvalue weighted by Crippen LogP contribution is -2.32. The third-order valence-corrected chi connectivity index (χ3v) is 4.58. The fourth-order valence-corrected chi connectivity index (χ4v) is 3.19. The number of hydrogen-bond donors (Lipinski definition) is 2. The molecule has 2 aromatic rings. The molecule has 1 saturated heterocycles. The minimum Gasteiger partial charge on any atom is -0.323 e. The van der Waals surface area contributed by atoms with E-state index in [-0.39, 0.29) is 18.3 Å². The Morgan fingerprint density at radius 1 is 1.33 bits per heavy atom. The first kappa shape index (κ1) is 18.5. The maximum atomic E-state index is 12.2. The number of nitrogens with zero attached hydrogens (tertiary/aromatic N) is 2. The van der Waals surface area contributed by atoms with Gasteiger partial charge < -0.3 is 10.6 Å². The van der Waals surface area contributed by atoms with Gasteiger partial charge in [-0.3, -0.25) is 4.79 Å². The van der Waals surface area contributed by atoms with Crippen LogP contribution < -0.4 is 10.6 Å². The van der Waals surface area contributed by atoms with E-state index in [1.807, 2.05) is 36.5 Å². The summed E-state index contributed by atoms with van der Waals surface area (Å²) in [5.74, 6) is 1.14. The van der Waals surface area contributed by atoms with Crippen LogP contribution in [0.25, 0.3) is 5.69 Å². The van der Waals surface area contributed by atoms with Crippen molar-refractivity contribution in [3.63, 3.8) is 0 Å². The molecule has 1 aliphatic rings. The van der Waals surface area contributed by atoms with Crippen LogP contribution in [0.2, 0.25) is 0 Å². The maximum absolute atomic E-state index is 12.2. The Morgan fingerprint density at radius 2 is 2.04 bits per heavy atom. The predicted molar refractivity (Wildman–Crippen MR) is 98.8 cm³/mol. The van der Waals surface area contributed by atoms with Crippen LogP contribution in [0, 0.1) is 11.8 Å². The summed E-state index contributed by atoms with van der Waals surface area (Å²) in [7, 11) is 0. The van der Waals surface area contributed by atoms with Gasteiger partial charge in [-0.25, -0.2) is 4.68 Å². The Kier molecular flexibility index (Phi) is 6.82. The average molecular weight is 349 g/mol. The quantitative estimate of drug-likeness (QED) is 0.872. The fraction of sp³-hybridized carbons (Fsp3) is 0.444. The molecule has 1 fully saturated rings. The second-order valence-electron chi connectivity index (χ2n) is 6.33. The van der Waals surface area contributed by atoms with Crippen LogP contribution in [0.1, 0.15) is 26.2 Å². The Hall–Kier alpha value is -1.85. The van der Waals surface area contributed by atoms with E-state index in [1.165, 1.54) is 12.8 Å². The topological polar surface area (TPSA) is 59.0 Å². The summed E-state index contributed by atoms with van der Waals surface area (Å²) >= 11 is 0. The van der Waals surface area contributed by atoms with Crippen LogP contribution in [0.15, 0.2) is 42.7 Å². The molecule has 24 heavy (non-hydrogen) atoms. The molecule has 1 atom stereocenters. The number of para-hydroxylation sites is 1. The normalized spacial score (nSPS) is 16.2. The molecule has 3 rings (SSSR count). The number of carbonyl (C=O) groups is 1. The SMILES string of the molecule is CC(CC(=O)Nc1cnn(-c2ccccc2)c1)C1CCNCC1.Cl. The molecule has 1 unspecified atom stereocenters. The van der Waals surface area contributed by atoms with Crippen molar-refractivity contribution in [2.45, 2.75) is 26.2 Å². The Labute approximate surface area is 149 Å². The summed E-state index contributed by atoms with van der Waals surface area (Å²) in [4.78, 5) is 12.2. The number of carbonyl (C=O) groups excluding carboxylic acids is 1. The van der Waals surface area contributed by atoms with Gasteiger partial charge in [-0.2, -0.15) is 5.10 Å². The van der Waals surface area contributed by atoms with Crippen LogP contribution in [-0.2, 0) is 4.79 Å². The lowest BCUT2D eigenvalue weighted by molar-refractivity contribution is -0.117.